The van der Waals surface area contributed by atoms with E-state index in [1.165, 1.54) is 13.8 Å². The summed E-state index contributed by atoms with van der Waals surface area (Å²) < 4.78 is 25.8. The van der Waals surface area contributed by atoms with Crippen LogP contribution in [0, 0.1) is 0 Å². The molecule has 0 bridgehead atoms. The van der Waals surface area contributed by atoms with Crippen molar-refractivity contribution in [3.8, 4) is 0 Å². The van der Waals surface area contributed by atoms with Crippen molar-refractivity contribution in [3.63, 3.8) is 0 Å². The Balaban J connectivity index is 1.74. The number of carbonyl (C=O) groups is 3. The molecule has 2 heterocycles. The van der Waals surface area contributed by atoms with Crippen LogP contribution in [0.1, 0.15) is 46.0 Å². The van der Waals surface area contributed by atoms with Gasteiger partial charge in [-0.05, 0) is 19.4 Å². The fraction of sp³-hybridized carbons (Fsp3) is 0.842. The van der Waals surface area contributed by atoms with Gasteiger partial charge in [0.25, 0.3) is 0 Å². The van der Waals surface area contributed by atoms with Crippen LogP contribution in [0.15, 0.2) is 0 Å². The minimum atomic E-state index is -4.67. The van der Waals surface area contributed by atoms with Gasteiger partial charge < -0.3 is 35.2 Å². The summed E-state index contributed by atoms with van der Waals surface area (Å²) in [5.41, 5.74) is 0. The number of ether oxygens (including phenoxy) is 2. The molecule has 2 amide bonds. The van der Waals surface area contributed by atoms with Gasteiger partial charge in [0.05, 0.1) is 18.7 Å². The molecule has 0 aromatic rings. The summed E-state index contributed by atoms with van der Waals surface area (Å²) in [5.74, 6) is -0.154. The van der Waals surface area contributed by atoms with E-state index in [1.54, 1.807) is 0 Å². The first kappa shape index (κ1) is 27.9. The Kier molecular flexibility index (Phi) is 11.4. The quantitative estimate of drug-likeness (QED) is 0.0905. The highest BCUT2D eigenvalue weighted by molar-refractivity contribution is 8.00. The average Bonchev–Trinajstić information content (AvgIpc) is 3.24. The first-order valence-electron chi connectivity index (χ1n) is 11.0. The Morgan fingerprint density at radius 3 is 2.61 bits per heavy atom. The molecule has 3 unspecified atom stereocenters. The monoisotopic (exact) mass is 511 g/mol. The highest BCUT2D eigenvalue weighted by Gasteiger charge is 2.42. The number of urea groups is 1. The van der Waals surface area contributed by atoms with E-state index < -0.39 is 31.9 Å². The highest BCUT2D eigenvalue weighted by atomic mass is 32.2. The molecular formula is C19H34N3O9PS. The molecule has 0 aromatic carbocycles. The second-order valence-electron chi connectivity index (χ2n) is 8.18. The highest BCUT2D eigenvalue weighted by Crippen LogP contribution is 2.36. The van der Waals surface area contributed by atoms with Gasteiger partial charge in [0.15, 0.2) is 0 Å². The summed E-state index contributed by atoms with van der Waals surface area (Å²) in [6, 6.07) is -0.224. The van der Waals surface area contributed by atoms with Crippen molar-refractivity contribution in [1.29, 1.82) is 0 Å². The number of rotatable bonds is 15. The van der Waals surface area contributed by atoms with Crippen molar-refractivity contribution in [1.82, 2.24) is 16.0 Å². The maximum Gasteiger partial charge on any atom is 0.469 e. The number of unbranched alkanes of at least 4 members (excludes halogenated alkanes) is 2. The Morgan fingerprint density at radius 2 is 1.94 bits per heavy atom. The molecule has 0 saturated carbocycles. The molecule has 2 saturated heterocycles. The van der Waals surface area contributed by atoms with Gasteiger partial charge in [-0.15, -0.1) is 0 Å². The van der Waals surface area contributed by atoms with E-state index in [2.05, 4.69) is 20.5 Å². The molecule has 5 atom stereocenters. The smallest absolute Gasteiger partial charge is 0.462 e. The van der Waals surface area contributed by atoms with E-state index in [9.17, 15) is 18.9 Å². The van der Waals surface area contributed by atoms with E-state index >= 15 is 0 Å². The third-order valence-electron chi connectivity index (χ3n) is 5.33. The van der Waals surface area contributed by atoms with Crippen molar-refractivity contribution in [2.75, 3.05) is 25.5 Å². The second kappa shape index (κ2) is 13.5. The van der Waals surface area contributed by atoms with Crippen LogP contribution in [0.2, 0.25) is 0 Å². The van der Waals surface area contributed by atoms with Crippen molar-refractivity contribution in [2.24, 2.45) is 0 Å². The summed E-state index contributed by atoms with van der Waals surface area (Å²) in [6.07, 6.45) is 3.13. The minimum absolute atomic E-state index is 0.0937. The van der Waals surface area contributed by atoms with E-state index in [1.807, 2.05) is 11.8 Å². The molecule has 33 heavy (non-hydrogen) atoms. The van der Waals surface area contributed by atoms with Gasteiger partial charge in [0.2, 0.25) is 0 Å². The summed E-state index contributed by atoms with van der Waals surface area (Å²) >= 11 is 1.87. The number of thioether (sulfide) groups is 1. The van der Waals surface area contributed by atoms with E-state index in [0.717, 1.165) is 31.4 Å². The second-order valence-corrected chi connectivity index (χ2v) is 10.7. The third kappa shape index (κ3) is 11.1. The lowest BCUT2D eigenvalue weighted by molar-refractivity contribution is -0.157. The number of amides is 2. The van der Waals surface area contributed by atoms with Crippen LogP contribution in [0.4, 0.5) is 4.79 Å². The SMILES string of the molecule is CC(=O)OCC(CC(COP(=O)(O)O)NCCCCCC1SC[C@@H]2NC(=O)N[C@H]12)OC(C)=O. The Bertz CT molecular complexity index is 723. The number of carbonyl (C=O) groups excluding carboxylic acids is 3. The first-order chi connectivity index (χ1) is 15.5. The van der Waals surface area contributed by atoms with E-state index in [-0.39, 0.29) is 37.7 Å². The standard InChI is InChI=1S/C19H34N3O9PS/c1-12(23)29-10-15(31-13(2)24)8-14(9-30-32(26,27)28)20-7-5-3-4-6-17-18-16(11-33-17)21-19(25)22-18/h14-18,20H,3-11H2,1-2H3,(H2,21,22,25)(H2,26,27,28)/t14?,15?,16-,17?,18-/m0/s1. The largest absolute Gasteiger partial charge is 0.469 e. The Labute approximate surface area is 197 Å². The van der Waals surface area contributed by atoms with Gasteiger partial charge >= 0.3 is 25.8 Å². The Morgan fingerprint density at radius 1 is 1.18 bits per heavy atom. The molecule has 12 nitrogen and oxygen atoms in total. The van der Waals surface area contributed by atoms with Crippen LogP contribution in [-0.2, 0) is 28.2 Å². The zero-order valence-electron chi connectivity index (χ0n) is 18.9. The molecule has 0 aromatic heterocycles. The number of phosphoric ester groups is 1. The first-order valence-corrected chi connectivity index (χ1v) is 13.5. The van der Waals surface area contributed by atoms with Crippen LogP contribution < -0.4 is 16.0 Å². The maximum atomic E-state index is 11.5. The van der Waals surface area contributed by atoms with Gasteiger partial charge in [-0.2, -0.15) is 11.8 Å². The lowest BCUT2D eigenvalue weighted by Crippen LogP contribution is -2.39. The lowest BCUT2D eigenvalue weighted by Gasteiger charge is -2.24. The number of nitrogens with one attached hydrogen (secondary N) is 3. The molecule has 2 aliphatic rings. The summed E-state index contributed by atoms with van der Waals surface area (Å²) in [5, 5.41) is 9.49. The maximum absolute atomic E-state index is 11.5. The molecule has 5 N–H and O–H groups in total. The predicted octanol–water partition coefficient (Wildman–Crippen LogP) is 0.665. The normalized spacial score (nSPS) is 23.9. The molecular weight excluding hydrogens is 477 g/mol. The molecule has 0 aliphatic carbocycles. The molecule has 0 radical (unpaired) electrons. The molecule has 2 fully saturated rings. The van der Waals surface area contributed by atoms with Crippen molar-refractivity contribution >= 4 is 37.6 Å². The van der Waals surface area contributed by atoms with Crippen molar-refractivity contribution in [3.05, 3.63) is 0 Å². The topological polar surface area (TPSA) is 173 Å². The molecule has 14 heteroatoms. The van der Waals surface area contributed by atoms with Gasteiger partial charge in [-0.25, -0.2) is 9.36 Å². The number of hydrogen-bond acceptors (Lipinski definition) is 9. The van der Waals surface area contributed by atoms with Crippen LogP contribution in [0.3, 0.4) is 0 Å². The lowest BCUT2D eigenvalue weighted by atomic mass is 10.0. The molecule has 0 spiro atoms. The van der Waals surface area contributed by atoms with Gasteiger partial charge in [0.1, 0.15) is 12.7 Å². The predicted molar refractivity (Wildman–Crippen MR) is 121 cm³/mol. The van der Waals surface area contributed by atoms with Crippen LogP contribution >= 0.6 is 19.6 Å². The van der Waals surface area contributed by atoms with Crippen LogP contribution in [0.25, 0.3) is 0 Å². The Hall–Kier alpha value is -1.37. The van der Waals surface area contributed by atoms with E-state index in [0.29, 0.717) is 11.8 Å². The average molecular weight is 512 g/mol. The van der Waals surface area contributed by atoms with Crippen molar-refractivity contribution in [2.45, 2.75) is 75.4 Å². The number of hydrogen-bond donors (Lipinski definition) is 5. The molecule has 2 rings (SSSR count). The van der Waals surface area contributed by atoms with Crippen LogP contribution in [0.5, 0.6) is 0 Å². The summed E-state index contributed by atoms with van der Waals surface area (Å²) in [7, 11) is -4.67. The fourth-order valence-corrected chi connectivity index (χ4v) is 5.82. The van der Waals surface area contributed by atoms with Crippen LogP contribution in [-0.4, -0.2) is 82.7 Å². The molecule has 190 valence electrons. The van der Waals surface area contributed by atoms with Gasteiger partial charge in [0, 0.05) is 37.3 Å². The summed E-state index contributed by atoms with van der Waals surface area (Å²) in [6.45, 7) is 2.58. The fourth-order valence-electron chi connectivity index (χ4n) is 3.91. The van der Waals surface area contributed by atoms with Gasteiger partial charge in [-0.1, -0.05) is 12.8 Å². The summed E-state index contributed by atoms with van der Waals surface area (Å²) in [4.78, 5) is 51.9. The number of fused-ring (bicyclic) bond motifs is 1. The zero-order valence-corrected chi connectivity index (χ0v) is 20.6. The number of phosphoric acid groups is 1. The van der Waals surface area contributed by atoms with E-state index in [4.69, 9.17) is 19.3 Å². The third-order valence-corrected chi connectivity index (χ3v) is 7.33. The van der Waals surface area contributed by atoms with Gasteiger partial charge in [-0.3, -0.25) is 14.1 Å². The van der Waals surface area contributed by atoms with Crippen molar-refractivity contribution < 1.29 is 42.7 Å². The minimum Gasteiger partial charge on any atom is -0.462 e. The number of esters is 2. The zero-order chi connectivity index (χ0) is 24.4. The molecule has 2 aliphatic heterocycles.